The van der Waals surface area contributed by atoms with Crippen molar-refractivity contribution in [1.29, 1.82) is 0 Å². The second-order valence-electron chi connectivity index (χ2n) is 4.47. The highest BCUT2D eigenvalue weighted by Gasteiger charge is 2.09. The third-order valence-corrected chi connectivity index (χ3v) is 3.58. The van der Waals surface area contributed by atoms with E-state index in [-0.39, 0.29) is 6.04 Å². The molecule has 2 aromatic rings. The minimum absolute atomic E-state index is 0.0308. The highest BCUT2D eigenvalue weighted by molar-refractivity contribution is 9.10. The van der Waals surface area contributed by atoms with Crippen LogP contribution in [0.4, 0.5) is 0 Å². The Bertz CT molecular complexity index is 565. The van der Waals surface area contributed by atoms with Crippen molar-refractivity contribution >= 4 is 27.5 Å². The molecule has 0 bridgehead atoms. The lowest BCUT2D eigenvalue weighted by atomic mass is 10.1. The number of nitrogens with two attached hydrogens (primary N) is 1. The van der Waals surface area contributed by atoms with Crippen molar-refractivity contribution in [3.8, 4) is 5.75 Å². The maximum atomic E-state index is 5.92. The summed E-state index contributed by atoms with van der Waals surface area (Å²) in [6, 6.07) is 15.5. The third kappa shape index (κ3) is 4.80. The van der Waals surface area contributed by atoms with Gasteiger partial charge in [0.2, 0.25) is 0 Å². The van der Waals surface area contributed by atoms with Crippen LogP contribution in [-0.4, -0.2) is 12.6 Å². The van der Waals surface area contributed by atoms with Gasteiger partial charge in [0.25, 0.3) is 0 Å². The van der Waals surface area contributed by atoms with E-state index < -0.39 is 0 Å². The number of hydrazine groups is 1. The number of benzene rings is 2. The molecule has 0 aromatic heterocycles. The van der Waals surface area contributed by atoms with Crippen LogP contribution in [0.5, 0.6) is 5.75 Å². The summed E-state index contributed by atoms with van der Waals surface area (Å²) in [5.74, 6) is 6.33. The fourth-order valence-electron chi connectivity index (χ4n) is 1.87. The molecule has 1 atom stereocenters. The summed E-state index contributed by atoms with van der Waals surface area (Å²) in [6.07, 6.45) is 0.788. The minimum Gasteiger partial charge on any atom is -0.492 e. The first-order valence-electron chi connectivity index (χ1n) is 6.26. The van der Waals surface area contributed by atoms with E-state index >= 15 is 0 Å². The van der Waals surface area contributed by atoms with Crippen molar-refractivity contribution in [2.75, 3.05) is 6.61 Å². The zero-order valence-electron chi connectivity index (χ0n) is 10.9. The summed E-state index contributed by atoms with van der Waals surface area (Å²) in [6.45, 7) is 0.476. The van der Waals surface area contributed by atoms with Crippen LogP contribution < -0.4 is 16.0 Å². The quantitative estimate of drug-likeness (QED) is 0.615. The average molecular weight is 356 g/mol. The molecular weight excluding hydrogens is 340 g/mol. The van der Waals surface area contributed by atoms with Gasteiger partial charge in [-0.05, 0) is 42.3 Å². The zero-order valence-corrected chi connectivity index (χ0v) is 13.2. The van der Waals surface area contributed by atoms with Crippen LogP contribution in [-0.2, 0) is 6.42 Å². The molecule has 0 saturated carbocycles. The van der Waals surface area contributed by atoms with Gasteiger partial charge in [0.15, 0.2) is 0 Å². The normalized spacial score (nSPS) is 12.2. The van der Waals surface area contributed by atoms with E-state index in [2.05, 4.69) is 33.5 Å². The van der Waals surface area contributed by atoms with E-state index in [1.165, 1.54) is 5.56 Å². The van der Waals surface area contributed by atoms with E-state index in [9.17, 15) is 0 Å². The van der Waals surface area contributed by atoms with Crippen molar-refractivity contribution in [2.45, 2.75) is 12.5 Å². The average Bonchev–Trinajstić information content (AvgIpc) is 2.43. The number of hydrogen-bond acceptors (Lipinski definition) is 3. The van der Waals surface area contributed by atoms with Crippen LogP contribution in [0.15, 0.2) is 53.0 Å². The van der Waals surface area contributed by atoms with Crippen molar-refractivity contribution in [3.05, 3.63) is 63.6 Å². The van der Waals surface area contributed by atoms with Gasteiger partial charge in [0, 0.05) is 9.50 Å². The molecule has 5 heteroatoms. The first kappa shape index (κ1) is 15.3. The minimum atomic E-state index is 0.0308. The van der Waals surface area contributed by atoms with E-state index in [0.717, 1.165) is 16.6 Å². The maximum absolute atomic E-state index is 5.92. The summed E-state index contributed by atoms with van der Waals surface area (Å²) in [7, 11) is 0. The standard InChI is InChI=1S/C15H16BrClN2O/c16-12-4-1-3-11(7-12)8-14(19-18)10-20-15-6-2-5-13(17)9-15/h1-7,9,14,19H,8,10,18H2. The molecule has 0 amide bonds. The zero-order chi connectivity index (χ0) is 14.4. The molecule has 0 radical (unpaired) electrons. The summed E-state index contributed by atoms with van der Waals surface area (Å²) in [4.78, 5) is 0. The summed E-state index contributed by atoms with van der Waals surface area (Å²) in [5.41, 5.74) is 3.97. The van der Waals surface area contributed by atoms with Gasteiger partial charge in [-0.25, -0.2) is 0 Å². The Morgan fingerprint density at radius 1 is 1.20 bits per heavy atom. The highest BCUT2D eigenvalue weighted by Crippen LogP contribution is 2.18. The van der Waals surface area contributed by atoms with E-state index in [4.69, 9.17) is 22.2 Å². The predicted molar refractivity (Wildman–Crippen MR) is 85.9 cm³/mol. The Kier molecular flexibility index (Phi) is 5.86. The van der Waals surface area contributed by atoms with Gasteiger partial charge < -0.3 is 4.74 Å². The molecule has 0 spiro atoms. The molecule has 0 fully saturated rings. The van der Waals surface area contributed by atoms with Gasteiger partial charge in [-0.1, -0.05) is 45.7 Å². The Morgan fingerprint density at radius 2 is 2.00 bits per heavy atom. The number of ether oxygens (including phenoxy) is 1. The lowest BCUT2D eigenvalue weighted by molar-refractivity contribution is 0.264. The number of halogens is 2. The molecule has 0 heterocycles. The van der Waals surface area contributed by atoms with Crippen LogP contribution in [0.2, 0.25) is 5.02 Å². The van der Waals surface area contributed by atoms with Crippen LogP contribution in [0, 0.1) is 0 Å². The molecule has 3 nitrogen and oxygen atoms in total. The van der Waals surface area contributed by atoms with E-state index in [1.807, 2.05) is 30.3 Å². The van der Waals surface area contributed by atoms with Crippen LogP contribution in [0.1, 0.15) is 5.56 Å². The lowest BCUT2D eigenvalue weighted by Crippen LogP contribution is -2.41. The molecule has 2 rings (SSSR count). The Morgan fingerprint density at radius 3 is 2.70 bits per heavy atom. The van der Waals surface area contributed by atoms with Crippen molar-refractivity contribution < 1.29 is 4.74 Å². The molecule has 106 valence electrons. The topological polar surface area (TPSA) is 47.3 Å². The monoisotopic (exact) mass is 354 g/mol. The Labute approximate surface area is 132 Å². The Balaban J connectivity index is 1.92. The SMILES string of the molecule is NNC(COc1cccc(Cl)c1)Cc1cccc(Br)c1. The van der Waals surface area contributed by atoms with Crippen molar-refractivity contribution in [1.82, 2.24) is 5.43 Å². The lowest BCUT2D eigenvalue weighted by Gasteiger charge is -2.17. The molecule has 3 N–H and O–H groups in total. The molecule has 20 heavy (non-hydrogen) atoms. The van der Waals surface area contributed by atoms with Gasteiger partial charge in [0.1, 0.15) is 12.4 Å². The largest absolute Gasteiger partial charge is 0.492 e. The van der Waals surface area contributed by atoms with Crippen molar-refractivity contribution in [3.63, 3.8) is 0 Å². The smallest absolute Gasteiger partial charge is 0.120 e. The van der Waals surface area contributed by atoms with E-state index in [1.54, 1.807) is 6.07 Å². The highest BCUT2D eigenvalue weighted by atomic mass is 79.9. The fraction of sp³-hybridized carbons (Fsp3) is 0.200. The number of hydrogen-bond donors (Lipinski definition) is 2. The van der Waals surface area contributed by atoms with Crippen LogP contribution in [0.3, 0.4) is 0 Å². The molecular formula is C15H16BrClN2O. The molecule has 1 unspecified atom stereocenters. The Hall–Kier alpha value is -1.07. The molecule has 2 aromatic carbocycles. The summed E-state index contributed by atoms with van der Waals surface area (Å²) < 4.78 is 6.76. The first-order chi connectivity index (χ1) is 9.67. The predicted octanol–water partition coefficient (Wildman–Crippen LogP) is 3.56. The number of nitrogens with one attached hydrogen (secondary N) is 1. The third-order valence-electron chi connectivity index (χ3n) is 2.85. The van der Waals surface area contributed by atoms with Gasteiger partial charge in [-0.15, -0.1) is 0 Å². The summed E-state index contributed by atoms with van der Waals surface area (Å²) in [5, 5.41) is 0.659. The van der Waals surface area contributed by atoms with Gasteiger partial charge >= 0.3 is 0 Å². The molecule has 0 aliphatic rings. The van der Waals surface area contributed by atoms with Crippen LogP contribution >= 0.6 is 27.5 Å². The molecule has 0 aliphatic heterocycles. The van der Waals surface area contributed by atoms with Gasteiger partial charge in [-0.3, -0.25) is 11.3 Å². The van der Waals surface area contributed by atoms with Gasteiger partial charge in [-0.2, -0.15) is 0 Å². The summed E-state index contributed by atoms with van der Waals surface area (Å²) >= 11 is 9.38. The second-order valence-corrected chi connectivity index (χ2v) is 5.82. The van der Waals surface area contributed by atoms with Gasteiger partial charge in [0.05, 0.1) is 6.04 Å². The fourth-order valence-corrected chi connectivity index (χ4v) is 2.49. The van der Waals surface area contributed by atoms with Crippen molar-refractivity contribution in [2.24, 2.45) is 5.84 Å². The second kappa shape index (κ2) is 7.64. The van der Waals surface area contributed by atoms with E-state index in [0.29, 0.717) is 11.6 Å². The van der Waals surface area contributed by atoms with Crippen LogP contribution in [0.25, 0.3) is 0 Å². The first-order valence-corrected chi connectivity index (χ1v) is 7.43. The number of rotatable bonds is 6. The maximum Gasteiger partial charge on any atom is 0.120 e. The molecule has 0 saturated heterocycles. The molecule has 0 aliphatic carbocycles.